The normalized spacial score (nSPS) is 11.8. The highest BCUT2D eigenvalue weighted by Gasteiger charge is 2.19. The van der Waals surface area contributed by atoms with Crippen molar-refractivity contribution in [2.75, 3.05) is 32.7 Å². The average molecular weight is 268 g/mol. The van der Waals surface area contributed by atoms with Gasteiger partial charge in [0.1, 0.15) is 17.5 Å². The third-order valence-corrected chi connectivity index (χ3v) is 2.86. The molecule has 6 heteroatoms. The molecule has 1 unspecified atom stereocenters. The van der Waals surface area contributed by atoms with E-state index in [1.54, 1.807) is 32.2 Å². The number of carboxylic acid groups (broad SMARTS) is 1. The monoisotopic (exact) mass is 268 g/mol. The van der Waals surface area contributed by atoms with Crippen LogP contribution in [-0.4, -0.2) is 44.9 Å². The first-order valence-electron chi connectivity index (χ1n) is 5.82. The Morgan fingerprint density at radius 1 is 1.42 bits per heavy atom. The molecule has 0 amide bonds. The van der Waals surface area contributed by atoms with Gasteiger partial charge in [-0.1, -0.05) is 0 Å². The molecule has 3 N–H and O–H groups in total. The number of anilines is 1. The summed E-state index contributed by atoms with van der Waals surface area (Å²) in [7, 11) is 4.92. The molecule has 0 aromatic heterocycles. The minimum absolute atomic E-state index is 0.193. The number of methoxy groups -OCH3 is 2. The van der Waals surface area contributed by atoms with E-state index in [2.05, 4.69) is 0 Å². The first-order valence-corrected chi connectivity index (χ1v) is 5.82. The number of carboxylic acids is 1. The lowest BCUT2D eigenvalue weighted by atomic mass is 10.1. The third kappa shape index (κ3) is 3.51. The highest BCUT2D eigenvalue weighted by Crippen LogP contribution is 2.35. The van der Waals surface area contributed by atoms with E-state index in [4.69, 9.17) is 20.3 Å². The van der Waals surface area contributed by atoms with Gasteiger partial charge < -0.3 is 25.2 Å². The Kier molecular flexibility index (Phi) is 5.00. The fourth-order valence-electron chi connectivity index (χ4n) is 1.94. The lowest BCUT2D eigenvalue weighted by Gasteiger charge is -2.25. The largest absolute Gasteiger partial charge is 0.497 e. The summed E-state index contributed by atoms with van der Waals surface area (Å²) in [6.45, 7) is 2.10. The molecule has 0 fully saturated rings. The van der Waals surface area contributed by atoms with Gasteiger partial charge in [0.2, 0.25) is 0 Å². The third-order valence-electron chi connectivity index (χ3n) is 2.86. The van der Waals surface area contributed by atoms with Crippen LogP contribution < -0.4 is 20.1 Å². The summed E-state index contributed by atoms with van der Waals surface area (Å²) >= 11 is 0. The topological polar surface area (TPSA) is 85.0 Å². The molecule has 0 heterocycles. The van der Waals surface area contributed by atoms with Crippen LogP contribution in [-0.2, 0) is 4.79 Å². The number of hydrogen-bond donors (Lipinski definition) is 2. The molecule has 1 rings (SSSR count). The van der Waals surface area contributed by atoms with Gasteiger partial charge in [-0.2, -0.15) is 0 Å². The lowest BCUT2D eigenvalue weighted by molar-refractivity contribution is -0.138. The van der Waals surface area contributed by atoms with Crippen LogP contribution in [0.5, 0.6) is 11.5 Å². The minimum atomic E-state index is -1.03. The second kappa shape index (κ2) is 6.29. The van der Waals surface area contributed by atoms with Crippen molar-refractivity contribution in [2.45, 2.75) is 13.0 Å². The highest BCUT2D eigenvalue weighted by atomic mass is 16.5. The Bertz CT molecular complexity index is 462. The molecule has 106 valence electrons. The van der Waals surface area contributed by atoms with Crippen molar-refractivity contribution in [1.29, 1.82) is 0 Å². The van der Waals surface area contributed by atoms with Crippen molar-refractivity contribution in [1.82, 2.24) is 0 Å². The number of ether oxygens (including phenoxy) is 2. The van der Waals surface area contributed by atoms with E-state index < -0.39 is 12.0 Å². The standard InChI is InChI=1S/C13H20N2O4/c1-8-5-9(18-3)6-11(19-4)12(8)15(2)7-10(14)13(16)17/h5-6,10H,7,14H2,1-4H3,(H,16,17). The summed E-state index contributed by atoms with van der Waals surface area (Å²) in [5.41, 5.74) is 7.28. The van der Waals surface area contributed by atoms with Gasteiger partial charge in [-0.3, -0.25) is 4.79 Å². The van der Waals surface area contributed by atoms with Crippen molar-refractivity contribution in [3.63, 3.8) is 0 Å². The van der Waals surface area contributed by atoms with E-state index in [0.29, 0.717) is 11.5 Å². The Hall–Kier alpha value is -1.95. The molecule has 0 aliphatic carbocycles. The zero-order valence-corrected chi connectivity index (χ0v) is 11.6. The van der Waals surface area contributed by atoms with Crippen LogP contribution in [0.3, 0.4) is 0 Å². The summed E-state index contributed by atoms with van der Waals surface area (Å²) in [5, 5.41) is 8.85. The molecular formula is C13H20N2O4. The highest BCUT2D eigenvalue weighted by molar-refractivity contribution is 5.75. The van der Waals surface area contributed by atoms with Crippen LogP contribution in [0.25, 0.3) is 0 Å². The fourth-order valence-corrected chi connectivity index (χ4v) is 1.94. The minimum Gasteiger partial charge on any atom is -0.497 e. The smallest absolute Gasteiger partial charge is 0.322 e. The average Bonchev–Trinajstić information content (AvgIpc) is 2.36. The summed E-state index contributed by atoms with van der Waals surface area (Å²) in [5.74, 6) is 0.281. The van der Waals surface area contributed by atoms with E-state index in [9.17, 15) is 4.79 Å². The number of hydrogen-bond acceptors (Lipinski definition) is 5. The summed E-state index contributed by atoms with van der Waals surface area (Å²) in [6, 6.07) is 2.67. The maximum Gasteiger partial charge on any atom is 0.322 e. The van der Waals surface area contributed by atoms with Crippen molar-refractivity contribution in [2.24, 2.45) is 5.73 Å². The van der Waals surface area contributed by atoms with Crippen molar-refractivity contribution < 1.29 is 19.4 Å². The van der Waals surface area contributed by atoms with Gasteiger partial charge in [0.05, 0.1) is 19.9 Å². The maximum atomic E-state index is 10.8. The molecule has 1 aromatic carbocycles. The number of aryl methyl sites for hydroxylation is 1. The molecule has 0 saturated heterocycles. The Morgan fingerprint density at radius 3 is 2.53 bits per heavy atom. The van der Waals surface area contributed by atoms with Gasteiger partial charge in [0, 0.05) is 19.7 Å². The van der Waals surface area contributed by atoms with Gasteiger partial charge in [0.25, 0.3) is 0 Å². The van der Waals surface area contributed by atoms with E-state index in [-0.39, 0.29) is 6.54 Å². The number of aliphatic carboxylic acids is 1. The molecule has 6 nitrogen and oxygen atoms in total. The lowest BCUT2D eigenvalue weighted by Crippen LogP contribution is -2.41. The predicted molar refractivity (Wildman–Crippen MR) is 73.2 cm³/mol. The molecule has 1 atom stereocenters. The maximum absolute atomic E-state index is 10.8. The van der Waals surface area contributed by atoms with E-state index in [0.717, 1.165) is 11.3 Å². The van der Waals surface area contributed by atoms with Crippen LogP contribution >= 0.6 is 0 Å². The molecule has 0 spiro atoms. The van der Waals surface area contributed by atoms with Gasteiger partial charge in [-0.25, -0.2) is 0 Å². The van der Waals surface area contributed by atoms with E-state index >= 15 is 0 Å². The summed E-state index contributed by atoms with van der Waals surface area (Å²) in [6.07, 6.45) is 0. The van der Waals surface area contributed by atoms with Crippen LogP contribution in [0, 0.1) is 6.92 Å². The van der Waals surface area contributed by atoms with Gasteiger partial charge in [0.15, 0.2) is 0 Å². The van der Waals surface area contributed by atoms with Gasteiger partial charge >= 0.3 is 5.97 Å². The molecular weight excluding hydrogens is 248 g/mol. The Balaban J connectivity index is 3.08. The van der Waals surface area contributed by atoms with Crippen molar-refractivity contribution in [3.8, 4) is 11.5 Å². The second-order valence-electron chi connectivity index (χ2n) is 4.32. The number of nitrogens with two attached hydrogens (primary N) is 1. The summed E-state index contributed by atoms with van der Waals surface area (Å²) < 4.78 is 10.5. The predicted octanol–water partition coefficient (Wildman–Crippen LogP) is 0.860. The Morgan fingerprint density at radius 2 is 2.05 bits per heavy atom. The van der Waals surface area contributed by atoms with Gasteiger partial charge in [-0.05, 0) is 18.6 Å². The van der Waals surface area contributed by atoms with E-state index in [1.165, 1.54) is 0 Å². The Labute approximate surface area is 112 Å². The summed E-state index contributed by atoms with van der Waals surface area (Å²) in [4.78, 5) is 12.6. The zero-order valence-electron chi connectivity index (χ0n) is 11.6. The number of likely N-dealkylation sites (N-methyl/N-ethyl adjacent to an activating group) is 1. The first kappa shape index (κ1) is 15.1. The molecule has 0 bridgehead atoms. The van der Waals surface area contributed by atoms with Crippen molar-refractivity contribution in [3.05, 3.63) is 17.7 Å². The number of carbonyl (C=O) groups is 1. The van der Waals surface area contributed by atoms with Crippen LogP contribution in [0.1, 0.15) is 5.56 Å². The molecule has 19 heavy (non-hydrogen) atoms. The second-order valence-corrected chi connectivity index (χ2v) is 4.32. The number of rotatable bonds is 6. The van der Waals surface area contributed by atoms with E-state index in [1.807, 2.05) is 13.0 Å². The first-order chi connectivity index (χ1) is 8.90. The molecule has 1 aromatic rings. The molecule has 0 aliphatic heterocycles. The number of benzene rings is 1. The van der Waals surface area contributed by atoms with Crippen LogP contribution in [0.4, 0.5) is 5.69 Å². The fraction of sp³-hybridized carbons (Fsp3) is 0.462. The number of nitrogens with zero attached hydrogens (tertiary/aromatic N) is 1. The molecule has 0 aliphatic rings. The molecule has 0 radical (unpaired) electrons. The van der Waals surface area contributed by atoms with Crippen LogP contribution in [0.2, 0.25) is 0 Å². The zero-order chi connectivity index (χ0) is 14.6. The van der Waals surface area contributed by atoms with Crippen LogP contribution in [0.15, 0.2) is 12.1 Å². The SMILES string of the molecule is COc1cc(C)c(N(C)CC(N)C(=O)O)c(OC)c1. The van der Waals surface area contributed by atoms with Crippen molar-refractivity contribution >= 4 is 11.7 Å². The quantitative estimate of drug-likeness (QED) is 0.796. The van der Waals surface area contributed by atoms with Gasteiger partial charge in [-0.15, -0.1) is 0 Å². The molecule has 0 saturated carbocycles.